The lowest BCUT2D eigenvalue weighted by atomic mass is 10.2. The normalized spacial score (nSPS) is 10.7. The summed E-state index contributed by atoms with van der Waals surface area (Å²) >= 11 is 6.10. The quantitative estimate of drug-likeness (QED) is 0.887. The summed E-state index contributed by atoms with van der Waals surface area (Å²) in [6, 6.07) is 3.58. The third-order valence-electron chi connectivity index (χ3n) is 2.54. The predicted molar refractivity (Wildman–Crippen MR) is 76.9 cm³/mol. The van der Waals surface area contributed by atoms with Crippen LogP contribution in [-0.4, -0.2) is 28.1 Å². The molecule has 0 radical (unpaired) electrons. The van der Waals surface area contributed by atoms with Gasteiger partial charge in [-0.25, -0.2) is 4.68 Å². The van der Waals surface area contributed by atoms with Crippen LogP contribution in [0.2, 0.25) is 5.02 Å². The number of rotatable bonds is 6. The van der Waals surface area contributed by atoms with E-state index >= 15 is 0 Å². The topological polar surface area (TPSA) is 61.2 Å². The molecule has 0 saturated carbocycles. The Kier molecular flexibility index (Phi) is 4.68. The lowest BCUT2D eigenvalue weighted by molar-refractivity contribution is 0.227. The highest BCUT2D eigenvalue weighted by molar-refractivity contribution is 6.30. The van der Waals surface area contributed by atoms with Gasteiger partial charge in [0.1, 0.15) is 12.7 Å². The molecule has 20 heavy (non-hydrogen) atoms. The van der Waals surface area contributed by atoms with Gasteiger partial charge >= 0.3 is 0 Å². The Labute approximate surface area is 122 Å². The van der Waals surface area contributed by atoms with Crippen LogP contribution in [0, 0.1) is 0 Å². The Hall–Kier alpha value is -1.95. The fourth-order valence-electron chi connectivity index (χ4n) is 1.73. The van der Waals surface area contributed by atoms with Crippen molar-refractivity contribution in [3.63, 3.8) is 0 Å². The van der Waals surface area contributed by atoms with E-state index in [-0.39, 0.29) is 6.10 Å². The average Bonchev–Trinajstić information content (AvgIpc) is 2.91. The van der Waals surface area contributed by atoms with Gasteiger partial charge in [0.25, 0.3) is 0 Å². The van der Waals surface area contributed by atoms with Crippen molar-refractivity contribution in [1.82, 2.24) is 14.9 Å². The average molecular weight is 297 g/mol. The molecule has 7 heteroatoms. The molecule has 1 heterocycles. The van der Waals surface area contributed by atoms with E-state index in [1.807, 2.05) is 19.9 Å². The van der Waals surface area contributed by atoms with Crippen LogP contribution in [0.4, 0.5) is 0 Å². The largest absolute Gasteiger partial charge is 0.493 e. The van der Waals surface area contributed by atoms with Gasteiger partial charge < -0.3 is 14.9 Å². The Bertz CT molecular complexity index is 558. The molecule has 0 unspecified atom stereocenters. The Morgan fingerprint density at radius 3 is 2.60 bits per heavy atom. The van der Waals surface area contributed by atoms with E-state index in [2.05, 4.69) is 15.6 Å². The second-order valence-electron chi connectivity index (χ2n) is 4.47. The van der Waals surface area contributed by atoms with E-state index in [1.54, 1.807) is 30.5 Å². The zero-order valence-electron chi connectivity index (χ0n) is 11.6. The van der Waals surface area contributed by atoms with E-state index in [0.717, 1.165) is 5.56 Å². The Balaban J connectivity index is 2.26. The van der Waals surface area contributed by atoms with Crippen LogP contribution in [0.25, 0.3) is 0 Å². The molecule has 1 N–H and O–H groups in total. The number of halogens is 1. The fourth-order valence-corrected chi connectivity index (χ4v) is 1.96. The molecule has 0 aliphatic rings. The monoisotopic (exact) mass is 296 g/mol. The number of hydrogen-bond acceptors (Lipinski definition) is 5. The molecule has 6 nitrogen and oxygen atoms in total. The summed E-state index contributed by atoms with van der Waals surface area (Å²) in [6.45, 7) is 4.44. The minimum absolute atomic E-state index is 0.0405. The highest BCUT2D eigenvalue weighted by Crippen LogP contribution is 2.35. The fraction of sp³-hybridized carbons (Fsp3) is 0.385. The lowest BCUT2D eigenvalue weighted by Gasteiger charge is -2.18. The molecule has 108 valence electrons. The summed E-state index contributed by atoms with van der Waals surface area (Å²) < 4.78 is 12.8. The standard InChI is InChI=1S/C13H17ClN4O2/c1-9(2)20-13-10(4-11(14)5-12(13)19-3)6-17-18-7-15-16-8-18/h4-5,7-9,17H,6H2,1-3H3. The number of aromatic nitrogens is 3. The van der Waals surface area contributed by atoms with Crippen LogP contribution < -0.4 is 14.9 Å². The first-order valence-electron chi connectivity index (χ1n) is 6.21. The molecule has 2 rings (SSSR count). The maximum absolute atomic E-state index is 6.10. The second-order valence-corrected chi connectivity index (χ2v) is 4.90. The van der Waals surface area contributed by atoms with Gasteiger partial charge in [-0.3, -0.25) is 0 Å². The maximum Gasteiger partial charge on any atom is 0.166 e. The van der Waals surface area contributed by atoms with Gasteiger partial charge in [-0.15, -0.1) is 10.2 Å². The van der Waals surface area contributed by atoms with Crippen molar-refractivity contribution in [3.8, 4) is 11.5 Å². The van der Waals surface area contributed by atoms with Gasteiger partial charge in [-0.05, 0) is 19.9 Å². The number of hydrogen-bond donors (Lipinski definition) is 1. The minimum atomic E-state index is 0.0405. The summed E-state index contributed by atoms with van der Waals surface area (Å²) in [5.41, 5.74) is 4.03. The van der Waals surface area contributed by atoms with E-state index in [4.69, 9.17) is 21.1 Å². The van der Waals surface area contributed by atoms with Crippen molar-refractivity contribution >= 4 is 11.6 Å². The van der Waals surface area contributed by atoms with E-state index in [9.17, 15) is 0 Å². The molecule has 0 aliphatic heterocycles. The molecule has 0 bridgehead atoms. The smallest absolute Gasteiger partial charge is 0.166 e. The summed E-state index contributed by atoms with van der Waals surface area (Å²) in [5.74, 6) is 1.30. The second kappa shape index (κ2) is 6.47. The molecule has 0 amide bonds. The SMILES string of the molecule is COc1cc(Cl)cc(CNn2cnnc2)c1OC(C)C. The first kappa shape index (κ1) is 14.5. The van der Waals surface area contributed by atoms with Gasteiger partial charge in [0.05, 0.1) is 19.8 Å². The van der Waals surface area contributed by atoms with Crippen LogP contribution in [0.1, 0.15) is 19.4 Å². The van der Waals surface area contributed by atoms with Crippen LogP contribution >= 0.6 is 11.6 Å². The van der Waals surface area contributed by atoms with Crippen molar-refractivity contribution in [2.45, 2.75) is 26.5 Å². The highest BCUT2D eigenvalue weighted by atomic mass is 35.5. The first-order chi connectivity index (χ1) is 9.60. The molecule has 0 aliphatic carbocycles. The minimum Gasteiger partial charge on any atom is -0.493 e. The molecule has 0 saturated heterocycles. The number of nitrogens with zero attached hydrogens (tertiary/aromatic N) is 3. The third-order valence-corrected chi connectivity index (χ3v) is 2.76. The van der Waals surface area contributed by atoms with Crippen molar-refractivity contribution in [2.75, 3.05) is 12.5 Å². The van der Waals surface area contributed by atoms with Gasteiger partial charge in [-0.1, -0.05) is 11.6 Å². The van der Waals surface area contributed by atoms with Crippen molar-refractivity contribution in [2.24, 2.45) is 0 Å². The summed E-state index contributed by atoms with van der Waals surface area (Å²) in [6.07, 6.45) is 3.19. The summed E-state index contributed by atoms with van der Waals surface area (Å²) in [4.78, 5) is 0. The van der Waals surface area contributed by atoms with Crippen LogP contribution in [0.15, 0.2) is 24.8 Å². The Morgan fingerprint density at radius 1 is 1.30 bits per heavy atom. The molecular formula is C13H17ClN4O2. The number of ether oxygens (including phenoxy) is 2. The highest BCUT2D eigenvalue weighted by Gasteiger charge is 2.14. The predicted octanol–water partition coefficient (Wildman–Crippen LogP) is 2.47. The van der Waals surface area contributed by atoms with Crippen LogP contribution in [0.5, 0.6) is 11.5 Å². The van der Waals surface area contributed by atoms with E-state index in [0.29, 0.717) is 23.1 Å². The summed E-state index contributed by atoms with van der Waals surface area (Å²) in [5, 5.41) is 8.05. The maximum atomic E-state index is 6.10. The molecule has 2 aromatic rings. The zero-order valence-corrected chi connectivity index (χ0v) is 12.4. The van der Waals surface area contributed by atoms with Crippen molar-refractivity contribution < 1.29 is 9.47 Å². The molecule has 0 atom stereocenters. The van der Waals surface area contributed by atoms with Crippen LogP contribution in [0.3, 0.4) is 0 Å². The van der Waals surface area contributed by atoms with Gasteiger partial charge in [0, 0.05) is 16.7 Å². The molecule has 1 aromatic carbocycles. The van der Waals surface area contributed by atoms with E-state index < -0.39 is 0 Å². The number of nitrogens with one attached hydrogen (secondary N) is 1. The molecule has 0 spiro atoms. The zero-order chi connectivity index (χ0) is 14.5. The Morgan fingerprint density at radius 2 is 2.00 bits per heavy atom. The number of benzene rings is 1. The van der Waals surface area contributed by atoms with Gasteiger partial charge in [0.2, 0.25) is 0 Å². The lowest BCUT2D eigenvalue weighted by Crippen LogP contribution is -2.15. The third kappa shape index (κ3) is 3.54. The van der Waals surface area contributed by atoms with E-state index in [1.165, 1.54) is 0 Å². The van der Waals surface area contributed by atoms with Crippen LogP contribution in [-0.2, 0) is 6.54 Å². The van der Waals surface area contributed by atoms with Gasteiger partial charge in [0.15, 0.2) is 11.5 Å². The summed E-state index contributed by atoms with van der Waals surface area (Å²) in [7, 11) is 1.59. The molecule has 0 fully saturated rings. The molecular weight excluding hydrogens is 280 g/mol. The van der Waals surface area contributed by atoms with Crippen molar-refractivity contribution in [1.29, 1.82) is 0 Å². The van der Waals surface area contributed by atoms with Crippen molar-refractivity contribution in [3.05, 3.63) is 35.4 Å². The first-order valence-corrected chi connectivity index (χ1v) is 6.59. The molecule has 1 aromatic heterocycles. The van der Waals surface area contributed by atoms with Gasteiger partial charge in [-0.2, -0.15) is 0 Å². The number of methoxy groups -OCH3 is 1.